The first-order valence-electron chi connectivity index (χ1n) is 5.13. The number of hydrogen-bond acceptors (Lipinski definition) is 5. The summed E-state index contributed by atoms with van der Waals surface area (Å²) in [4.78, 5) is 24.1. The van der Waals surface area contributed by atoms with Gasteiger partial charge in [0.25, 0.3) is 0 Å². The summed E-state index contributed by atoms with van der Waals surface area (Å²) in [5, 5.41) is 8.49. The average molecular weight is 240 g/mol. The molecule has 2 rings (SSSR count). The Morgan fingerprint density at radius 1 is 1.76 bits per heavy atom. The number of imidazole rings is 1. The van der Waals surface area contributed by atoms with Crippen LogP contribution < -0.4 is 11.5 Å². The van der Waals surface area contributed by atoms with E-state index in [9.17, 15) is 9.59 Å². The molecule has 1 fully saturated rings. The minimum atomic E-state index is -0.999. The molecule has 2 unspecified atom stereocenters. The number of carbonyl (C=O) groups is 2. The Morgan fingerprint density at radius 2 is 2.29 bits per heavy atom. The van der Waals surface area contributed by atoms with Gasteiger partial charge >= 0.3 is 5.97 Å². The van der Waals surface area contributed by atoms with Gasteiger partial charge in [-0.05, 0) is 0 Å². The SMILES string of the molecule is Cn1cnc(CC(N)C(=O)O)c1.NC1CC1=O. The van der Waals surface area contributed by atoms with Gasteiger partial charge in [-0.3, -0.25) is 9.59 Å². The molecule has 2 atom stereocenters. The van der Waals surface area contributed by atoms with Gasteiger partial charge in [-0.25, -0.2) is 4.98 Å². The lowest BCUT2D eigenvalue weighted by Crippen LogP contribution is -2.32. The first-order valence-corrected chi connectivity index (χ1v) is 5.13. The average Bonchev–Trinajstić information content (AvgIpc) is 2.73. The summed E-state index contributed by atoms with van der Waals surface area (Å²) in [6.07, 6.45) is 4.25. The zero-order valence-corrected chi connectivity index (χ0v) is 9.54. The van der Waals surface area contributed by atoms with E-state index in [-0.39, 0.29) is 18.2 Å². The molecule has 0 saturated heterocycles. The van der Waals surface area contributed by atoms with Crippen LogP contribution in [0.5, 0.6) is 0 Å². The molecule has 17 heavy (non-hydrogen) atoms. The van der Waals surface area contributed by atoms with Crippen molar-refractivity contribution in [3.63, 3.8) is 0 Å². The van der Waals surface area contributed by atoms with Crippen LogP contribution in [0.2, 0.25) is 0 Å². The van der Waals surface area contributed by atoms with Gasteiger partial charge in [0.2, 0.25) is 0 Å². The predicted molar refractivity (Wildman–Crippen MR) is 60.1 cm³/mol. The van der Waals surface area contributed by atoms with Crippen molar-refractivity contribution in [2.45, 2.75) is 24.9 Å². The maximum absolute atomic E-state index is 10.4. The van der Waals surface area contributed by atoms with Gasteiger partial charge in [0, 0.05) is 26.1 Å². The monoisotopic (exact) mass is 240 g/mol. The Kier molecular flexibility index (Phi) is 4.36. The van der Waals surface area contributed by atoms with Crippen LogP contribution >= 0.6 is 0 Å². The Balaban J connectivity index is 0.000000239. The van der Waals surface area contributed by atoms with Crippen molar-refractivity contribution < 1.29 is 14.7 Å². The Hall–Kier alpha value is -1.73. The third-order valence-electron chi connectivity index (χ3n) is 2.18. The van der Waals surface area contributed by atoms with Crippen molar-refractivity contribution >= 4 is 11.8 Å². The van der Waals surface area contributed by atoms with Crippen LogP contribution in [-0.4, -0.2) is 38.5 Å². The number of carboxylic acid groups (broad SMARTS) is 1. The zero-order valence-electron chi connectivity index (χ0n) is 9.54. The fraction of sp³-hybridized carbons (Fsp3) is 0.500. The molecule has 5 N–H and O–H groups in total. The number of rotatable bonds is 3. The summed E-state index contributed by atoms with van der Waals surface area (Å²) in [6.45, 7) is 0. The summed E-state index contributed by atoms with van der Waals surface area (Å²) in [6, 6.07) is -0.949. The van der Waals surface area contributed by atoms with Crippen LogP contribution in [0.15, 0.2) is 12.5 Å². The molecule has 1 aliphatic rings. The van der Waals surface area contributed by atoms with Gasteiger partial charge in [0.05, 0.1) is 18.1 Å². The van der Waals surface area contributed by atoms with Gasteiger partial charge in [0.15, 0.2) is 5.78 Å². The van der Waals surface area contributed by atoms with Crippen LogP contribution in [0.3, 0.4) is 0 Å². The zero-order chi connectivity index (χ0) is 13.0. The van der Waals surface area contributed by atoms with Gasteiger partial charge in [-0.15, -0.1) is 0 Å². The van der Waals surface area contributed by atoms with Gasteiger partial charge in [0.1, 0.15) is 6.04 Å². The number of nitrogens with two attached hydrogens (primary N) is 2. The van der Waals surface area contributed by atoms with E-state index >= 15 is 0 Å². The van der Waals surface area contributed by atoms with Gasteiger partial charge in [-0.2, -0.15) is 0 Å². The normalized spacial score (nSPS) is 19.2. The van der Waals surface area contributed by atoms with Crippen molar-refractivity contribution in [1.29, 1.82) is 0 Å². The molecule has 7 nitrogen and oxygen atoms in total. The Labute approximate surface area is 98.4 Å². The minimum absolute atomic E-state index is 0.0880. The van der Waals surface area contributed by atoms with E-state index in [1.54, 1.807) is 17.1 Å². The van der Waals surface area contributed by atoms with E-state index in [1.807, 2.05) is 7.05 Å². The van der Waals surface area contributed by atoms with Crippen LogP contribution in [0.1, 0.15) is 12.1 Å². The summed E-state index contributed by atoms with van der Waals surface area (Å²) in [5.41, 5.74) is 11.0. The van der Waals surface area contributed by atoms with E-state index in [4.69, 9.17) is 16.6 Å². The van der Waals surface area contributed by atoms with E-state index in [2.05, 4.69) is 4.98 Å². The molecule has 0 aliphatic heterocycles. The summed E-state index contributed by atoms with van der Waals surface area (Å²) >= 11 is 0. The number of Topliss-reactive ketones (excluding diaryl/α,β-unsaturated/α-hetero) is 1. The number of hydrogen-bond donors (Lipinski definition) is 3. The molecular formula is C10H16N4O3. The number of ketones is 1. The maximum Gasteiger partial charge on any atom is 0.320 e. The second-order valence-electron chi connectivity index (χ2n) is 3.96. The quantitative estimate of drug-likeness (QED) is 0.600. The number of aryl methyl sites for hydroxylation is 1. The smallest absolute Gasteiger partial charge is 0.320 e. The van der Waals surface area contributed by atoms with Gasteiger partial charge < -0.3 is 21.1 Å². The summed E-state index contributed by atoms with van der Waals surface area (Å²) in [7, 11) is 1.82. The fourth-order valence-electron chi connectivity index (χ4n) is 1.04. The highest BCUT2D eigenvalue weighted by atomic mass is 16.4. The molecule has 0 radical (unpaired) electrons. The van der Waals surface area contributed by atoms with Crippen LogP contribution in [0.4, 0.5) is 0 Å². The standard InChI is InChI=1S/C7H11N3O2.C3H5NO/c1-10-3-5(9-4-10)2-6(8)7(11)12;4-2-1-3(2)5/h3-4,6H,2,8H2,1H3,(H,11,12);2H,1,4H2. The number of carboxylic acids is 1. The van der Waals surface area contributed by atoms with E-state index in [1.165, 1.54) is 0 Å². The van der Waals surface area contributed by atoms with Crippen molar-refractivity contribution in [2.75, 3.05) is 0 Å². The molecule has 94 valence electrons. The predicted octanol–water partition coefficient (Wildman–Crippen LogP) is -1.34. The van der Waals surface area contributed by atoms with Crippen molar-refractivity contribution in [3.8, 4) is 0 Å². The largest absolute Gasteiger partial charge is 0.480 e. The highest BCUT2D eigenvalue weighted by molar-refractivity contribution is 5.99. The number of carbonyl (C=O) groups excluding carboxylic acids is 1. The first kappa shape index (κ1) is 13.3. The van der Waals surface area contributed by atoms with Crippen molar-refractivity contribution in [2.24, 2.45) is 18.5 Å². The van der Waals surface area contributed by atoms with Gasteiger partial charge in [-0.1, -0.05) is 0 Å². The lowest BCUT2D eigenvalue weighted by atomic mass is 10.2. The second kappa shape index (κ2) is 5.55. The minimum Gasteiger partial charge on any atom is -0.480 e. The molecule has 1 aromatic rings. The lowest BCUT2D eigenvalue weighted by Gasteiger charge is -2.01. The van der Waals surface area contributed by atoms with Crippen molar-refractivity contribution in [1.82, 2.24) is 9.55 Å². The highest BCUT2D eigenvalue weighted by Crippen LogP contribution is 2.07. The number of aromatic nitrogens is 2. The summed E-state index contributed by atoms with van der Waals surface area (Å²) < 4.78 is 1.75. The molecule has 0 aromatic carbocycles. The Morgan fingerprint density at radius 3 is 2.59 bits per heavy atom. The van der Waals surface area contributed by atoms with Crippen LogP contribution in [-0.2, 0) is 23.1 Å². The molecular weight excluding hydrogens is 224 g/mol. The molecule has 1 saturated carbocycles. The highest BCUT2D eigenvalue weighted by Gasteiger charge is 2.29. The number of aliphatic carboxylic acids is 1. The second-order valence-corrected chi connectivity index (χ2v) is 3.96. The Bertz CT molecular complexity index is 415. The topological polar surface area (TPSA) is 124 Å². The molecule has 1 aliphatic carbocycles. The summed E-state index contributed by atoms with van der Waals surface area (Å²) in [5.74, 6) is -0.800. The van der Waals surface area contributed by atoms with Crippen molar-refractivity contribution in [3.05, 3.63) is 18.2 Å². The molecule has 0 bridgehead atoms. The molecule has 1 heterocycles. The molecule has 0 amide bonds. The van der Waals surface area contributed by atoms with E-state index in [0.717, 1.165) is 0 Å². The maximum atomic E-state index is 10.4. The lowest BCUT2D eigenvalue weighted by molar-refractivity contribution is -0.138. The fourth-order valence-corrected chi connectivity index (χ4v) is 1.04. The van der Waals surface area contributed by atoms with E-state index < -0.39 is 12.0 Å². The molecule has 1 aromatic heterocycles. The molecule has 7 heteroatoms. The van der Waals surface area contributed by atoms with Crippen LogP contribution in [0.25, 0.3) is 0 Å². The number of nitrogens with zero attached hydrogens (tertiary/aromatic N) is 2. The first-order chi connectivity index (χ1) is 7.90. The third-order valence-corrected chi connectivity index (χ3v) is 2.18. The van der Waals surface area contributed by atoms with E-state index in [0.29, 0.717) is 12.1 Å². The molecule has 0 spiro atoms. The third kappa shape index (κ3) is 4.75. The van der Waals surface area contributed by atoms with Crippen LogP contribution in [0, 0.1) is 0 Å².